The van der Waals surface area contributed by atoms with Gasteiger partial charge in [-0.25, -0.2) is 0 Å². The summed E-state index contributed by atoms with van der Waals surface area (Å²) in [6.07, 6.45) is 4.52. The zero-order valence-corrected chi connectivity index (χ0v) is 18.3. The number of hydrogen-bond acceptors (Lipinski definition) is 4. The summed E-state index contributed by atoms with van der Waals surface area (Å²) in [6, 6.07) is 15.9. The van der Waals surface area contributed by atoms with Crippen LogP contribution in [0.5, 0.6) is 5.75 Å². The second-order valence-corrected chi connectivity index (χ2v) is 8.23. The highest BCUT2D eigenvalue weighted by Crippen LogP contribution is 2.44. The van der Waals surface area contributed by atoms with Crippen molar-refractivity contribution in [3.8, 4) is 5.75 Å². The third-order valence-corrected chi connectivity index (χ3v) is 6.37. The number of halogens is 1. The Morgan fingerprint density at radius 2 is 1.93 bits per heavy atom. The van der Waals surface area contributed by atoms with E-state index in [1.165, 1.54) is 6.42 Å². The van der Waals surface area contributed by atoms with Crippen molar-refractivity contribution in [1.82, 2.24) is 5.32 Å². The predicted molar refractivity (Wildman–Crippen MR) is 121 cm³/mol. The van der Waals surface area contributed by atoms with E-state index in [9.17, 15) is 4.79 Å². The number of carbonyl (C=O) groups excluding carboxylic acids is 1. The largest absolute Gasteiger partial charge is 0.497 e. The second kappa shape index (κ2) is 10.3. The molecule has 0 unspecified atom stereocenters. The van der Waals surface area contributed by atoms with Gasteiger partial charge < -0.3 is 20.1 Å². The van der Waals surface area contributed by atoms with Crippen molar-refractivity contribution in [2.24, 2.45) is 11.3 Å². The molecule has 2 aromatic rings. The van der Waals surface area contributed by atoms with Gasteiger partial charge in [0.1, 0.15) is 5.75 Å². The molecule has 2 aliphatic rings. The first kappa shape index (κ1) is 22.6. The van der Waals surface area contributed by atoms with E-state index in [-0.39, 0.29) is 23.7 Å². The number of anilines is 1. The first-order valence-corrected chi connectivity index (χ1v) is 10.5. The molecular weight excluding hydrogens is 400 g/mol. The minimum atomic E-state index is -0.237. The molecule has 0 aromatic heterocycles. The summed E-state index contributed by atoms with van der Waals surface area (Å²) >= 11 is 0. The normalized spacial score (nSPS) is 22.6. The average molecular weight is 431 g/mol. The standard InChI is InChI=1S/C24H30N2O3.ClH/c1-28-22-10-8-18(9-11-22)15-29-16-19-5-4-7-21(13-19)26-23(27)24-12-3-2-6-20(24)14-25-17-24;/h4-5,7-11,13,20,25H,2-3,6,12,14-17H2,1H3,(H,26,27);1H/t20-,24+;/m0./s1. The summed E-state index contributed by atoms with van der Waals surface area (Å²) in [7, 11) is 1.66. The molecule has 5 nitrogen and oxygen atoms in total. The minimum absolute atomic E-state index is 0. The molecule has 2 N–H and O–H groups in total. The molecule has 162 valence electrons. The molecule has 1 saturated carbocycles. The van der Waals surface area contributed by atoms with Crippen LogP contribution in [0.1, 0.15) is 36.8 Å². The third-order valence-electron chi connectivity index (χ3n) is 6.37. The van der Waals surface area contributed by atoms with Gasteiger partial charge in [0.2, 0.25) is 5.91 Å². The lowest BCUT2D eigenvalue weighted by Crippen LogP contribution is -2.44. The van der Waals surface area contributed by atoms with E-state index < -0.39 is 0 Å². The van der Waals surface area contributed by atoms with Crippen LogP contribution >= 0.6 is 12.4 Å². The van der Waals surface area contributed by atoms with Crippen LogP contribution in [0.2, 0.25) is 0 Å². The molecule has 1 heterocycles. The zero-order chi connectivity index (χ0) is 20.1. The molecule has 2 fully saturated rings. The smallest absolute Gasteiger partial charge is 0.232 e. The van der Waals surface area contributed by atoms with E-state index in [0.29, 0.717) is 19.1 Å². The first-order valence-electron chi connectivity index (χ1n) is 10.5. The second-order valence-electron chi connectivity index (χ2n) is 8.23. The van der Waals surface area contributed by atoms with Gasteiger partial charge in [0.15, 0.2) is 0 Å². The van der Waals surface area contributed by atoms with Crippen molar-refractivity contribution in [3.63, 3.8) is 0 Å². The Morgan fingerprint density at radius 1 is 1.13 bits per heavy atom. The van der Waals surface area contributed by atoms with E-state index in [1.54, 1.807) is 7.11 Å². The molecule has 6 heteroatoms. The quantitative estimate of drug-likeness (QED) is 0.676. The van der Waals surface area contributed by atoms with Gasteiger partial charge in [-0.2, -0.15) is 0 Å². The summed E-state index contributed by atoms with van der Waals surface area (Å²) in [5.74, 6) is 1.48. The Labute approximate surface area is 184 Å². The number of ether oxygens (including phenoxy) is 2. The number of nitrogens with one attached hydrogen (secondary N) is 2. The van der Waals surface area contributed by atoms with Gasteiger partial charge in [0.25, 0.3) is 0 Å². The number of hydrogen-bond donors (Lipinski definition) is 2. The lowest BCUT2D eigenvalue weighted by Gasteiger charge is -2.37. The van der Waals surface area contributed by atoms with E-state index in [1.807, 2.05) is 48.5 Å². The third kappa shape index (κ3) is 4.97. The molecule has 1 aliphatic heterocycles. The van der Waals surface area contributed by atoms with E-state index in [2.05, 4.69) is 10.6 Å². The van der Waals surface area contributed by atoms with Crippen LogP contribution in [-0.4, -0.2) is 26.1 Å². The zero-order valence-electron chi connectivity index (χ0n) is 17.5. The molecule has 30 heavy (non-hydrogen) atoms. The summed E-state index contributed by atoms with van der Waals surface area (Å²) < 4.78 is 11.0. The van der Waals surface area contributed by atoms with Gasteiger partial charge in [0, 0.05) is 12.2 Å². The van der Waals surface area contributed by atoms with Crippen molar-refractivity contribution in [2.45, 2.75) is 38.9 Å². The molecular formula is C24H31ClN2O3. The van der Waals surface area contributed by atoms with Crippen LogP contribution < -0.4 is 15.4 Å². The highest BCUT2D eigenvalue weighted by molar-refractivity contribution is 5.96. The molecule has 0 radical (unpaired) electrons. The predicted octanol–water partition coefficient (Wildman–Crippen LogP) is 4.55. The molecule has 1 amide bonds. The van der Waals surface area contributed by atoms with Gasteiger partial charge in [-0.15, -0.1) is 12.4 Å². The van der Waals surface area contributed by atoms with Crippen LogP contribution in [0.25, 0.3) is 0 Å². The monoisotopic (exact) mass is 430 g/mol. The van der Waals surface area contributed by atoms with Crippen molar-refractivity contribution < 1.29 is 14.3 Å². The Hall–Kier alpha value is -2.08. The van der Waals surface area contributed by atoms with Gasteiger partial charge in [-0.1, -0.05) is 37.1 Å². The molecule has 0 bridgehead atoms. The molecule has 1 saturated heterocycles. The summed E-state index contributed by atoms with van der Waals surface area (Å²) in [4.78, 5) is 13.1. The van der Waals surface area contributed by atoms with Crippen LogP contribution in [0.4, 0.5) is 5.69 Å². The van der Waals surface area contributed by atoms with Gasteiger partial charge in [-0.05, 0) is 60.7 Å². The van der Waals surface area contributed by atoms with Crippen molar-refractivity contribution in [1.29, 1.82) is 0 Å². The molecule has 1 aliphatic carbocycles. The Morgan fingerprint density at radius 3 is 2.73 bits per heavy atom. The Kier molecular flexibility index (Phi) is 7.75. The SMILES string of the molecule is COc1ccc(COCc2cccc(NC(=O)[C@@]34CCCC[C@H]3CNC4)c2)cc1.Cl. The number of benzene rings is 2. The lowest BCUT2D eigenvalue weighted by atomic mass is 9.67. The van der Waals surface area contributed by atoms with Crippen molar-refractivity contribution >= 4 is 24.0 Å². The number of methoxy groups -OCH3 is 1. The van der Waals surface area contributed by atoms with Crippen LogP contribution in [0.15, 0.2) is 48.5 Å². The summed E-state index contributed by atoms with van der Waals surface area (Å²) in [5, 5.41) is 6.63. The Bertz CT molecular complexity index is 843. The summed E-state index contributed by atoms with van der Waals surface area (Å²) in [6.45, 7) is 2.81. The van der Waals surface area contributed by atoms with Gasteiger partial charge in [0.05, 0.1) is 25.7 Å². The highest BCUT2D eigenvalue weighted by atomic mass is 35.5. The Balaban J connectivity index is 0.00000256. The van der Waals surface area contributed by atoms with Crippen LogP contribution in [0.3, 0.4) is 0 Å². The van der Waals surface area contributed by atoms with Gasteiger partial charge >= 0.3 is 0 Å². The van der Waals surface area contributed by atoms with Crippen molar-refractivity contribution in [2.75, 3.05) is 25.5 Å². The highest BCUT2D eigenvalue weighted by Gasteiger charge is 2.49. The van der Waals surface area contributed by atoms with E-state index in [0.717, 1.165) is 54.9 Å². The maximum Gasteiger partial charge on any atom is 0.232 e. The molecule has 2 aromatic carbocycles. The fourth-order valence-corrected chi connectivity index (χ4v) is 4.69. The number of rotatable bonds is 7. The van der Waals surface area contributed by atoms with Crippen molar-refractivity contribution in [3.05, 3.63) is 59.7 Å². The molecule has 4 rings (SSSR count). The average Bonchev–Trinajstić information content (AvgIpc) is 3.20. The van der Waals surface area contributed by atoms with Gasteiger partial charge in [-0.3, -0.25) is 4.79 Å². The maximum absolute atomic E-state index is 13.1. The lowest BCUT2D eigenvalue weighted by molar-refractivity contribution is -0.128. The fourth-order valence-electron chi connectivity index (χ4n) is 4.69. The number of amides is 1. The first-order chi connectivity index (χ1) is 14.2. The van der Waals surface area contributed by atoms with Crippen LogP contribution in [-0.2, 0) is 22.7 Å². The summed E-state index contributed by atoms with van der Waals surface area (Å²) in [5.41, 5.74) is 2.77. The number of fused-ring (bicyclic) bond motifs is 1. The van der Waals surface area contributed by atoms with Crippen LogP contribution in [0, 0.1) is 11.3 Å². The topological polar surface area (TPSA) is 59.6 Å². The molecule has 0 spiro atoms. The number of carbonyl (C=O) groups is 1. The van der Waals surface area contributed by atoms with E-state index >= 15 is 0 Å². The molecule has 2 atom stereocenters. The maximum atomic E-state index is 13.1. The fraction of sp³-hybridized carbons (Fsp3) is 0.458. The van der Waals surface area contributed by atoms with E-state index in [4.69, 9.17) is 9.47 Å². The minimum Gasteiger partial charge on any atom is -0.497 e.